The number of fused-ring (bicyclic) bond motifs is 13. The highest BCUT2D eigenvalue weighted by atomic mass is 16.3. The van der Waals surface area contributed by atoms with E-state index in [-0.39, 0.29) is 88.1 Å². The van der Waals surface area contributed by atoms with Gasteiger partial charge >= 0.3 is 0 Å². The van der Waals surface area contributed by atoms with Crippen molar-refractivity contribution in [2.45, 2.75) is 105 Å². The van der Waals surface area contributed by atoms with Crippen molar-refractivity contribution in [1.82, 2.24) is 9.13 Å². The van der Waals surface area contributed by atoms with Gasteiger partial charge < -0.3 is 23.4 Å². The first-order valence-electron chi connectivity index (χ1n) is 44.0. The molecule has 0 unspecified atom stereocenters. The molecule has 5 nitrogen and oxygen atoms in total. The van der Waals surface area contributed by atoms with Gasteiger partial charge in [0.25, 0.3) is 6.71 Å². The van der Waals surface area contributed by atoms with Crippen molar-refractivity contribution in [3.05, 3.63) is 295 Å². The number of anilines is 6. The van der Waals surface area contributed by atoms with E-state index in [0.717, 1.165) is 44.2 Å². The highest BCUT2D eigenvalue weighted by Crippen LogP contribution is 2.53. The monoisotopic (exact) mass is 1310 g/mol. The number of hydrogen-bond acceptors (Lipinski definition) is 3. The highest BCUT2D eigenvalue weighted by molar-refractivity contribution is 7.00. The molecule has 100 heavy (non-hydrogen) atoms. The van der Waals surface area contributed by atoms with E-state index in [1.165, 1.54) is 9.13 Å². The number of benzene rings is 13. The number of furan rings is 1. The zero-order chi connectivity index (χ0) is 85.9. The molecule has 2 aliphatic heterocycles. The summed E-state index contributed by atoms with van der Waals surface area (Å²) in [6.07, 6.45) is 0. The van der Waals surface area contributed by atoms with Crippen molar-refractivity contribution in [1.29, 1.82) is 0 Å². The minimum atomic E-state index is -1.38. The second-order valence-corrected chi connectivity index (χ2v) is 30.7. The first-order chi connectivity index (χ1) is 56.4. The van der Waals surface area contributed by atoms with Gasteiger partial charge in [-0.2, -0.15) is 0 Å². The van der Waals surface area contributed by atoms with Crippen molar-refractivity contribution in [3.8, 4) is 44.8 Å². The van der Waals surface area contributed by atoms with Gasteiger partial charge in [0.15, 0.2) is 0 Å². The van der Waals surface area contributed by atoms with Crippen LogP contribution in [-0.2, 0) is 21.7 Å². The zero-order valence-electron chi connectivity index (χ0n) is 77.7. The van der Waals surface area contributed by atoms with Crippen molar-refractivity contribution < 1.29 is 31.8 Å². The topological polar surface area (TPSA) is 29.5 Å². The smallest absolute Gasteiger partial charge is 0.252 e. The number of hydrogen-bond donors (Lipinski definition) is 0. The third-order valence-corrected chi connectivity index (χ3v) is 20.3. The lowest BCUT2D eigenvalue weighted by Gasteiger charge is -2.45. The van der Waals surface area contributed by atoms with E-state index in [0.29, 0.717) is 61.6 Å². The molecular formula is C94H81BN4O. The van der Waals surface area contributed by atoms with Crippen LogP contribution in [-0.4, -0.2) is 15.8 Å². The molecule has 0 radical (unpaired) electrons. The minimum Gasteiger partial charge on any atom is -0.456 e. The lowest BCUT2D eigenvalue weighted by Crippen LogP contribution is -2.61. The summed E-state index contributed by atoms with van der Waals surface area (Å²) in [5.41, 5.74) is 9.38. The van der Waals surface area contributed by atoms with Gasteiger partial charge in [0.05, 0.1) is 60.9 Å². The Morgan fingerprint density at radius 2 is 0.680 bits per heavy atom. The Morgan fingerprint density at radius 1 is 0.300 bits per heavy atom. The summed E-state index contributed by atoms with van der Waals surface area (Å²) in [5, 5.41) is 0.617. The minimum absolute atomic E-state index is 0.0951. The third-order valence-electron chi connectivity index (χ3n) is 20.3. The van der Waals surface area contributed by atoms with Gasteiger partial charge in [-0.15, -0.1) is 0 Å². The average molecular weight is 1310 g/mol. The number of aromatic nitrogens is 2. The standard InChI is InChI=1S/C94H81BN4O/c1-91(2,3)62-38-33-58(34-39-62)73-54-64(93(7,8)9)42-48-82(73)98-84-56-66(96-78-28-18-13-23-68(78)69-24-14-19-29-79(69)96)44-46-76(84)95-77-47-45-67(97-80-30-20-15-25-70(80)71-26-16-21-31-81(71)97)57-85(77)99(83-49-43-65(94(10,11)12)55-74(83)59-35-40-63(41-36-59)92(4,5)6)87-53-61(52-86(98)90(87)95)60-37-50-89-75(51-60)72-27-17-22-32-88(72)100-89/h13-57H,1-12H3/i13D,14D,15D,16D,18D,19D,20D,21D,23D,24D,25D,26D,28D,29D,30D,31D,44D,45D,46D,47D. The van der Waals surface area contributed by atoms with E-state index in [1.807, 2.05) is 82.6 Å². The molecule has 0 saturated heterocycles. The molecule has 0 atom stereocenters. The molecule has 0 aliphatic carbocycles. The van der Waals surface area contributed by atoms with Crippen molar-refractivity contribution >= 4 is 123 Å². The molecule has 0 fully saturated rings. The molecule has 5 heterocycles. The summed E-state index contributed by atoms with van der Waals surface area (Å²) >= 11 is 0. The predicted molar refractivity (Wildman–Crippen MR) is 428 cm³/mol. The van der Waals surface area contributed by atoms with Crippen LogP contribution < -0.4 is 26.2 Å². The Labute approximate surface area is 615 Å². The van der Waals surface area contributed by atoms with Crippen LogP contribution in [0.25, 0.3) is 110 Å². The van der Waals surface area contributed by atoms with Crippen LogP contribution in [0.2, 0.25) is 0 Å². The molecule has 2 aliphatic rings. The Morgan fingerprint density at radius 3 is 1.10 bits per heavy atom. The van der Waals surface area contributed by atoms with Crippen molar-refractivity contribution in [2.24, 2.45) is 0 Å². The van der Waals surface area contributed by atoms with Gasteiger partial charge in [-0.25, -0.2) is 0 Å². The number of rotatable bonds is 7. The highest BCUT2D eigenvalue weighted by Gasteiger charge is 2.45. The third kappa shape index (κ3) is 9.72. The SMILES string of the molecule is [2H]c1c(-n2c3c([2H])c([2H])c([2H])c([2H])c3c3c([2H])c([2H])c([2H])c([2H])c32)cc2c(c1[2H])B1c3c(cc(-c4ccc5oc6ccccc6c5c4)cc3N(c3ccc(C(C)(C)C)cc3-c3ccc(C(C)(C)C)cc3)c3cc(-n4c5c([2H])c([2H])c([2H])c([2H])c5c5c([2H])c([2H])c([2H])c([2H])c54)c([2H])c([2H])c31)N2c1ccc(C(C)(C)C)cc1-c1ccc(C(C)(C)C)cc1. The van der Waals surface area contributed by atoms with E-state index in [2.05, 4.69) is 150 Å². The lowest BCUT2D eigenvalue weighted by molar-refractivity contribution is 0.589. The van der Waals surface area contributed by atoms with E-state index >= 15 is 0 Å². The summed E-state index contributed by atoms with van der Waals surface area (Å²) in [4.78, 5) is 4.05. The Balaban J connectivity index is 1.08. The summed E-state index contributed by atoms with van der Waals surface area (Å²) in [6, 6.07) is 37.6. The number of nitrogens with zero attached hydrogens (tertiary/aromatic N) is 4. The maximum Gasteiger partial charge on any atom is 0.252 e. The Kier molecular flexibility index (Phi) is 9.63. The van der Waals surface area contributed by atoms with E-state index in [1.54, 1.807) is 12.1 Å². The maximum absolute atomic E-state index is 11.3. The fourth-order valence-electron chi connectivity index (χ4n) is 15.0. The van der Waals surface area contributed by atoms with Crippen LogP contribution in [0.15, 0.2) is 277 Å². The van der Waals surface area contributed by atoms with Gasteiger partial charge in [-0.05, 0) is 186 Å². The van der Waals surface area contributed by atoms with Crippen LogP contribution in [0.1, 0.15) is 133 Å². The van der Waals surface area contributed by atoms with E-state index < -0.39 is 138 Å². The van der Waals surface area contributed by atoms with Gasteiger partial charge in [0.1, 0.15) is 11.2 Å². The normalized spacial score (nSPS) is 16.1. The molecule has 486 valence electrons. The molecular weight excluding hydrogens is 1210 g/mol. The van der Waals surface area contributed by atoms with Crippen LogP contribution in [0, 0.1) is 0 Å². The molecule has 0 saturated carbocycles. The average Bonchev–Trinajstić information content (AvgIpc) is 0.971. The summed E-state index contributed by atoms with van der Waals surface area (Å²) in [5.74, 6) is 0. The van der Waals surface area contributed by atoms with Crippen LogP contribution in [0.3, 0.4) is 0 Å². The largest absolute Gasteiger partial charge is 0.456 e. The second kappa shape index (κ2) is 22.2. The van der Waals surface area contributed by atoms with Crippen molar-refractivity contribution in [2.75, 3.05) is 9.80 Å². The van der Waals surface area contributed by atoms with E-state index in [9.17, 15) is 21.9 Å². The molecule has 3 aromatic heterocycles. The van der Waals surface area contributed by atoms with Gasteiger partial charge in [0.2, 0.25) is 0 Å². The molecule has 0 bridgehead atoms. The van der Waals surface area contributed by atoms with Crippen LogP contribution in [0.4, 0.5) is 34.1 Å². The summed E-state index contributed by atoms with van der Waals surface area (Å²) < 4.78 is 204. The second-order valence-electron chi connectivity index (χ2n) is 30.7. The fourth-order valence-corrected chi connectivity index (χ4v) is 15.0. The molecule has 18 rings (SSSR count). The van der Waals surface area contributed by atoms with Crippen molar-refractivity contribution in [3.63, 3.8) is 0 Å². The van der Waals surface area contributed by atoms with Crippen LogP contribution >= 0.6 is 0 Å². The summed E-state index contributed by atoms with van der Waals surface area (Å²) in [6.45, 7) is 24.2. The van der Waals surface area contributed by atoms with Gasteiger partial charge in [-0.1, -0.05) is 253 Å². The molecule has 16 aromatic rings. The molecule has 0 amide bonds. The first kappa shape index (κ1) is 43.4. The molecule has 6 heteroatoms. The first-order valence-corrected chi connectivity index (χ1v) is 34.0. The Hall–Kier alpha value is -11.1. The van der Waals surface area contributed by atoms with E-state index in [4.69, 9.17) is 9.90 Å². The maximum atomic E-state index is 11.3. The fraction of sp³-hybridized carbons (Fsp3) is 0.170. The van der Waals surface area contributed by atoms with Crippen LogP contribution in [0.5, 0.6) is 0 Å². The molecule has 13 aromatic carbocycles. The molecule has 0 spiro atoms. The molecule has 0 N–H and O–H groups in total. The van der Waals surface area contributed by atoms with Gasteiger partial charge in [-0.3, -0.25) is 0 Å². The predicted octanol–water partition coefficient (Wildman–Crippen LogP) is 24.1. The summed E-state index contributed by atoms with van der Waals surface area (Å²) in [7, 11) is 0. The lowest BCUT2D eigenvalue weighted by atomic mass is 9.33. The Bertz CT molecular complexity index is 6760. The number of para-hydroxylation sites is 5. The zero-order valence-corrected chi connectivity index (χ0v) is 57.7. The van der Waals surface area contributed by atoms with Gasteiger partial charge in [0, 0.05) is 77.6 Å². The quantitative estimate of drug-likeness (QED) is 0.149.